The Bertz CT molecular complexity index is 613. The van der Waals surface area contributed by atoms with E-state index in [1.54, 1.807) is 0 Å². The molecule has 0 saturated heterocycles. The molecule has 0 saturated carbocycles. The SMILES string of the molecule is CC(=O)Nc1cccc(C(C)NCC(O)c2ccccc2)c1. The monoisotopic (exact) mass is 298 g/mol. The molecular weight excluding hydrogens is 276 g/mol. The summed E-state index contributed by atoms with van der Waals surface area (Å²) in [5.41, 5.74) is 2.74. The second kappa shape index (κ2) is 7.73. The molecule has 22 heavy (non-hydrogen) atoms. The van der Waals surface area contributed by atoms with Crippen LogP contribution in [0.5, 0.6) is 0 Å². The van der Waals surface area contributed by atoms with Gasteiger partial charge in [0.2, 0.25) is 5.91 Å². The molecule has 0 fully saturated rings. The number of nitrogens with one attached hydrogen (secondary N) is 2. The van der Waals surface area contributed by atoms with E-state index < -0.39 is 6.10 Å². The number of hydrogen-bond acceptors (Lipinski definition) is 3. The lowest BCUT2D eigenvalue weighted by Gasteiger charge is -2.18. The maximum Gasteiger partial charge on any atom is 0.221 e. The zero-order valence-electron chi connectivity index (χ0n) is 12.9. The van der Waals surface area contributed by atoms with Crippen LogP contribution in [0.1, 0.15) is 37.1 Å². The molecule has 0 aromatic heterocycles. The fraction of sp³-hybridized carbons (Fsp3) is 0.278. The van der Waals surface area contributed by atoms with E-state index >= 15 is 0 Å². The summed E-state index contributed by atoms with van der Waals surface area (Å²) in [7, 11) is 0. The number of aliphatic hydroxyl groups is 1. The number of rotatable bonds is 6. The van der Waals surface area contributed by atoms with Crippen molar-refractivity contribution in [2.45, 2.75) is 26.0 Å². The van der Waals surface area contributed by atoms with Gasteiger partial charge in [-0.3, -0.25) is 4.79 Å². The average Bonchev–Trinajstić information content (AvgIpc) is 2.52. The Kier molecular flexibility index (Phi) is 5.69. The second-order valence-corrected chi connectivity index (χ2v) is 5.36. The molecular formula is C18H22N2O2. The third-order valence-electron chi connectivity index (χ3n) is 3.51. The first-order valence-corrected chi connectivity index (χ1v) is 7.40. The molecule has 2 unspecified atom stereocenters. The highest BCUT2D eigenvalue weighted by Crippen LogP contribution is 2.19. The minimum absolute atomic E-state index is 0.0760. The van der Waals surface area contributed by atoms with Gasteiger partial charge >= 0.3 is 0 Å². The van der Waals surface area contributed by atoms with Crippen LogP contribution in [0.15, 0.2) is 54.6 Å². The van der Waals surface area contributed by atoms with E-state index in [1.807, 2.05) is 61.5 Å². The van der Waals surface area contributed by atoms with Crippen LogP contribution in [-0.2, 0) is 4.79 Å². The summed E-state index contributed by atoms with van der Waals surface area (Å²) in [6.45, 7) is 3.99. The average molecular weight is 298 g/mol. The van der Waals surface area contributed by atoms with Crippen LogP contribution in [0.2, 0.25) is 0 Å². The summed E-state index contributed by atoms with van der Waals surface area (Å²) < 4.78 is 0. The van der Waals surface area contributed by atoms with E-state index in [0.29, 0.717) is 6.54 Å². The van der Waals surface area contributed by atoms with Crippen molar-refractivity contribution in [3.05, 3.63) is 65.7 Å². The molecule has 0 heterocycles. The summed E-state index contributed by atoms with van der Waals surface area (Å²) in [5, 5.41) is 16.3. The molecule has 2 rings (SSSR count). The Hall–Kier alpha value is -2.17. The molecule has 4 heteroatoms. The third kappa shape index (κ3) is 4.69. The minimum Gasteiger partial charge on any atom is -0.387 e. The van der Waals surface area contributed by atoms with E-state index in [4.69, 9.17) is 0 Å². The molecule has 0 radical (unpaired) electrons. The standard InChI is InChI=1S/C18H22N2O2/c1-13(16-9-6-10-17(11-16)20-14(2)21)19-12-18(22)15-7-4-3-5-8-15/h3-11,13,18-19,22H,12H2,1-2H3,(H,20,21). The predicted octanol–water partition coefficient (Wildman–Crippen LogP) is 3.03. The quantitative estimate of drug-likeness (QED) is 0.768. The summed E-state index contributed by atoms with van der Waals surface area (Å²) in [5.74, 6) is -0.0859. The van der Waals surface area contributed by atoms with Gasteiger partial charge in [-0.15, -0.1) is 0 Å². The molecule has 116 valence electrons. The second-order valence-electron chi connectivity index (χ2n) is 5.36. The molecule has 0 aliphatic carbocycles. The largest absolute Gasteiger partial charge is 0.387 e. The van der Waals surface area contributed by atoms with Crippen molar-refractivity contribution in [1.29, 1.82) is 0 Å². The maximum absolute atomic E-state index is 11.1. The summed E-state index contributed by atoms with van der Waals surface area (Å²) in [6, 6.07) is 17.4. The first kappa shape index (κ1) is 16.2. The molecule has 2 aromatic carbocycles. The van der Waals surface area contributed by atoms with Crippen LogP contribution in [0.4, 0.5) is 5.69 Å². The fourth-order valence-corrected chi connectivity index (χ4v) is 2.29. The van der Waals surface area contributed by atoms with Gasteiger partial charge in [0.25, 0.3) is 0 Å². The van der Waals surface area contributed by atoms with Crippen LogP contribution in [0.3, 0.4) is 0 Å². The Labute approximate surface area is 131 Å². The van der Waals surface area contributed by atoms with Gasteiger partial charge < -0.3 is 15.7 Å². The molecule has 3 N–H and O–H groups in total. The lowest BCUT2D eigenvalue weighted by atomic mass is 10.1. The van der Waals surface area contributed by atoms with Crippen molar-refractivity contribution in [1.82, 2.24) is 5.32 Å². The van der Waals surface area contributed by atoms with Crippen molar-refractivity contribution in [2.75, 3.05) is 11.9 Å². The van der Waals surface area contributed by atoms with E-state index in [9.17, 15) is 9.90 Å². The van der Waals surface area contributed by atoms with Gasteiger partial charge in [0.05, 0.1) is 6.10 Å². The maximum atomic E-state index is 11.1. The molecule has 4 nitrogen and oxygen atoms in total. The van der Waals surface area contributed by atoms with Crippen molar-refractivity contribution in [3.8, 4) is 0 Å². The topological polar surface area (TPSA) is 61.4 Å². The van der Waals surface area contributed by atoms with Crippen LogP contribution in [0, 0.1) is 0 Å². The van der Waals surface area contributed by atoms with Gasteiger partial charge in [0.15, 0.2) is 0 Å². The van der Waals surface area contributed by atoms with Crippen LogP contribution in [-0.4, -0.2) is 17.6 Å². The Morgan fingerprint density at radius 1 is 1.09 bits per heavy atom. The minimum atomic E-state index is -0.540. The number of anilines is 1. The van der Waals surface area contributed by atoms with Gasteiger partial charge in [-0.05, 0) is 30.2 Å². The molecule has 1 amide bonds. The van der Waals surface area contributed by atoms with Gasteiger partial charge in [0.1, 0.15) is 0 Å². The highest BCUT2D eigenvalue weighted by Gasteiger charge is 2.10. The van der Waals surface area contributed by atoms with Crippen molar-refractivity contribution in [2.24, 2.45) is 0 Å². The van der Waals surface area contributed by atoms with E-state index in [2.05, 4.69) is 10.6 Å². The first-order valence-electron chi connectivity index (χ1n) is 7.40. The molecule has 2 aromatic rings. The normalized spacial score (nSPS) is 13.4. The van der Waals surface area contributed by atoms with Crippen molar-refractivity contribution in [3.63, 3.8) is 0 Å². The third-order valence-corrected chi connectivity index (χ3v) is 3.51. The zero-order chi connectivity index (χ0) is 15.9. The summed E-state index contributed by atoms with van der Waals surface area (Å²) in [6.07, 6.45) is -0.540. The molecule has 0 spiro atoms. The summed E-state index contributed by atoms with van der Waals surface area (Å²) in [4.78, 5) is 11.1. The Morgan fingerprint density at radius 2 is 1.77 bits per heavy atom. The number of carbonyl (C=O) groups is 1. The van der Waals surface area contributed by atoms with Crippen molar-refractivity contribution >= 4 is 11.6 Å². The fourth-order valence-electron chi connectivity index (χ4n) is 2.29. The molecule has 0 aliphatic heterocycles. The summed E-state index contributed by atoms with van der Waals surface area (Å²) >= 11 is 0. The number of benzene rings is 2. The van der Waals surface area contributed by atoms with Gasteiger partial charge in [0, 0.05) is 25.2 Å². The lowest BCUT2D eigenvalue weighted by Crippen LogP contribution is -2.24. The van der Waals surface area contributed by atoms with Crippen molar-refractivity contribution < 1.29 is 9.90 Å². The first-order chi connectivity index (χ1) is 10.6. The Balaban J connectivity index is 1.94. The van der Waals surface area contributed by atoms with Gasteiger partial charge in [-0.2, -0.15) is 0 Å². The van der Waals surface area contributed by atoms with Crippen LogP contribution >= 0.6 is 0 Å². The van der Waals surface area contributed by atoms with Gasteiger partial charge in [-0.25, -0.2) is 0 Å². The number of amides is 1. The number of aliphatic hydroxyl groups excluding tert-OH is 1. The molecule has 2 atom stereocenters. The number of carbonyl (C=O) groups excluding carboxylic acids is 1. The highest BCUT2D eigenvalue weighted by molar-refractivity contribution is 5.88. The predicted molar refractivity (Wildman–Crippen MR) is 88.6 cm³/mol. The Morgan fingerprint density at radius 3 is 2.45 bits per heavy atom. The highest BCUT2D eigenvalue weighted by atomic mass is 16.3. The molecule has 0 aliphatic rings. The van der Waals surface area contributed by atoms with Gasteiger partial charge in [-0.1, -0.05) is 42.5 Å². The van der Waals surface area contributed by atoms with Crippen LogP contribution in [0.25, 0.3) is 0 Å². The van der Waals surface area contributed by atoms with Crippen LogP contribution < -0.4 is 10.6 Å². The lowest BCUT2D eigenvalue weighted by molar-refractivity contribution is -0.114. The zero-order valence-corrected chi connectivity index (χ0v) is 12.9. The van der Waals surface area contributed by atoms with E-state index in [0.717, 1.165) is 16.8 Å². The smallest absolute Gasteiger partial charge is 0.221 e. The van der Waals surface area contributed by atoms with E-state index in [1.165, 1.54) is 6.92 Å². The molecule has 0 bridgehead atoms. The number of hydrogen-bond donors (Lipinski definition) is 3. The van der Waals surface area contributed by atoms with E-state index in [-0.39, 0.29) is 11.9 Å².